The van der Waals surface area contributed by atoms with Gasteiger partial charge in [-0.3, -0.25) is 14.4 Å². The lowest BCUT2D eigenvalue weighted by atomic mass is 9.90. The van der Waals surface area contributed by atoms with Gasteiger partial charge in [-0.25, -0.2) is 0 Å². The fourth-order valence-corrected chi connectivity index (χ4v) is 5.79. The lowest BCUT2D eigenvalue weighted by Gasteiger charge is -2.35. The van der Waals surface area contributed by atoms with Crippen LogP contribution in [0.15, 0.2) is 65.1 Å². The molecule has 0 radical (unpaired) electrons. The van der Waals surface area contributed by atoms with Crippen molar-refractivity contribution in [3.8, 4) is 0 Å². The second-order valence-corrected chi connectivity index (χ2v) is 11.1. The summed E-state index contributed by atoms with van der Waals surface area (Å²) in [6.45, 7) is 5.52. The van der Waals surface area contributed by atoms with Crippen LogP contribution in [-0.4, -0.2) is 55.3 Å². The highest BCUT2D eigenvalue weighted by Crippen LogP contribution is 2.33. The van der Waals surface area contributed by atoms with Gasteiger partial charge in [-0.15, -0.1) is 0 Å². The van der Waals surface area contributed by atoms with Crippen molar-refractivity contribution in [2.45, 2.75) is 51.9 Å². The summed E-state index contributed by atoms with van der Waals surface area (Å²) in [5.41, 5.74) is 3.37. The van der Waals surface area contributed by atoms with Gasteiger partial charge in [0.2, 0.25) is 5.91 Å². The molecule has 2 aromatic carbocycles. The Morgan fingerprint density at radius 1 is 0.976 bits per heavy atom. The second-order valence-electron chi connectivity index (χ2n) is 11.1. The SMILES string of the molecule is Cc1ccc(C(=O)Nc2cc(C(=O)NCCCN3CCCC3=O)ccc2N2CCC(CCc3ccccc3)CC2)o1. The molecule has 41 heavy (non-hydrogen) atoms. The minimum absolute atomic E-state index is 0.194. The van der Waals surface area contributed by atoms with Gasteiger partial charge in [0.25, 0.3) is 11.8 Å². The molecule has 216 valence electrons. The Labute approximate surface area is 242 Å². The first-order valence-corrected chi connectivity index (χ1v) is 14.8. The molecule has 0 bridgehead atoms. The number of benzene rings is 2. The Morgan fingerprint density at radius 3 is 2.49 bits per heavy atom. The zero-order valence-electron chi connectivity index (χ0n) is 23.9. The molecule has 2 aliphatic rings. The van der Waals surface area contributed by atoms with Crippen LogP contribution in [0.5, 0.6) is 0 Å². The number of hydrogen-bond donors (Lipinski definition) is 2. The van der Waals surface area contributed by atoms with Crippen molar-refractivity contribution in [1.29, 1.82) is 0 Å². The van der Waals surface area contributed by atoms with Gasteiger partial charge in [0.1, 0.15) is 5.76 Å². The number of piperidine rings is 1. The predicted octanol–water partition coefficient (Wildman–Crippen LogP) is 5.43. The maximum atomic E-state index is 13.0. The summed E-state index contributed by atoms with van der Waals surface area (Å²) in [6, 6.07) is 19.6. The van der Waals surface area contributed by atoms with Crippen LogP contribution >= 0.6 is 0 Å². The van der Waals surface area contributed by atoms with E-state index in [4.69, 9.17) is 4.42 Å². The standard InChI is InChI=1S/C33H40N4O4/c1-24-10-15-30(41-24)33(40)35-28-23-27(32(39)34-18-6-20-37-19-5-9-31(37)38)13-14-29(28)36-21-16-26(17-22-36)12-11-25-7-3-2-4-8-25/h2-4,7-8,10,13-15,23,26H,5-6,9,11-12,16-22H2,1H3,(H,34,39)(H,35,40). The molecule has 0 atom stereocenters. The monoisotopic (exact) mass is 556 g/mol. The fraction of sp³-hybridized carbons (Fsp3) is 0.424. The highest BCUT2D eigenvalue weighted by molar-refractivity contribution is 6.05. The van der Waals surface area contributed by atoms with E-state index in [2.05, 4.69) is 45.9 Å². The van der Waals surface area contributed by atoms with Gasteiger partial charge in [0.05, 0.1) is 11.4 Å². The van der Waals surface area contributed by atoms with Crippen LogP contribution in [0.4, 0.5) is 11.4 Å². The number of aryl methyl sites for hydroxylation is 2. The molecule has 8 heteroatoms. The molecule has 0 saturated carbocycles. The molecule has 0 spiro atoms. The van der Waals surface area contributed by atoms with Crippen molar-refractivity contribution in [1.82, 2.24) is 10.2 Å². The van der Waals surface area contributed by atoms with E-state index in [0.717, 1.165) is 51.0 Å². The topological polar surface area (TPSA) is 94.9 Å². The molecule has 5 rings (SSSR count). The number of anilines is 2. The number of likely N-dealkylation sites (tertiary alicyclic amines) is 1. The van der Waals surface area contributed by atoms with E-state index in [9.17, 15) is 14.4 Å². The number of hydrogen-bond acceptors (Lipinski definition) is 5. The summed E-state index contributed by atoms with van der Waals surface area (Å²) < 4.78 is 5.54. The normalized spacial score (nSPS) is 15.8. The summed E-state index contributed by atoms with van der Waals surface area (Å²) >= 11 is 0. The third-order valence-electron chi connectivity index (χ3n) is 8.17. The Balaban J connectivity index is 1.22. The quantitative estimate of drug-likeness (QED) is 0.307. The van der Waals surface area contributed by atoms with Crippen LogP contribution in [0, 0.1) is 12.8 Å². The highest BCUT2D eigenvalue weighted by Gasteiger charge is 2.24. The van der Waals surface area contributed by atoms with Gasteiger partial charge in [-0.1, -0.05) is 30.3 Å². The zero-order chi connectivity index (χ0) is 28.6. The average molecular weight is 557 g/mol. The number of rotatable bonds is 11. The molecule has 1 aromatic heterocycles. The van der Waals surface area contributed by atoms with Crippen LogP contribution in [0.1, 0.15) is 70.8 Å². The lowest BCUT2D eigenvalue weighted by Crippen LogP contribution is -2.34. The van der Waals surface area contributed by atoms with E-state index in [0.29, 0.717) is 48.9 Å². The maximum Gasteiger partial charge on any atom is 0.291 e. The van der Waals surface area contributed by atoms with Crippen molar-refractivity contribution in [3.05, 3.63) is 83.3 Å². The molecule has 3 heterocycles. The molecule has 0 unspecified atom stereocenters. The molecule has 2 aliphatic heterocycles. The zero-order valence-corrected chi connectivity index (χ0v) is 23.9. The van der Waals surface area contributed by atoms with Crippen LogP contribution in [0.3, 0.4) is 0 Å². The van der Waals surface area contributed by atoms with Gasteiger partial charge in [-0.2, -0.15) is 0 Å². The molecule has 3 aromatic rings. The van der Waals surface area contributed by atoms with Gasteiger partial charge in [0.15, 0.2) is 5.76 Å². The first-order valence-electron chi connectivity index (χ1n) is 14.8. The summed E-state index contributed by atoms with van der Waals surface area (Å²) in [5.74, 6) is 1.21. The van der Waals surface area contributed by atoms with Gasteiger partial charge >= 0.3 is 0 Å². The fourth-order valence-electron chi connectivity index (χ4n) is 5.79. The summed E-state index contributed by atoms with van der Waals surface area (Å²) in [7, 11) is 0. The largest absolute Gasteiger partial charge is 0.456 e. The third kappa shape index (κ3) is 7.57. The number of furan rings is 1. The van der Waals surface area contributed by atoms with Gasteiger partial charge in [0, 0.05) is 44.7 Å². The molecular weight excluding hydrogens is 516 g/mol. The van der Waals surface area contributed by atoms with E-state index < -0.39 is 0 Å². The molecule has 8 nitrogen and oxygen atoms in total. The Hall–Kier alpha value is -4.07. The second kappa shape index (κ2) is 13.5. The number of carbonyl (C=O) groups excluding carboxylic acids is 3. The van der Waals surface area contributed by atoms with Gasteiger partial charge in [-0.05, 0) is 87.3 Å². The van der Waals surface area contributed by atoms with Crippen LogP contribution in [-0.2, 0) is 11.2 Å². The molecule has 0 aliphatic carbocycles. The van der Waals surface area contributed by atoms with Crippen molar-refractivity contribution < 1.29 is 18.8 Å². The van der Waals surface area contributed by atoms with E-state index in [1.807, 2.05) is 17.0 Å². The minimum atomic E-state index is -0.343. The average Bonchev–Trinajstić information content (AvgIpc) is 3.62. The first-order chi connectivity index (χ1) is 20.0. The van der Waals surface area contributed by atoms with E-state index >= 15 is 0 Å². The Morgan fingerprint density at radius 2 is 1.78 bits per heavy atom. The number of amides is 3. The van der Waals surface area contributed by atoms with Crippen molar-refractivity contribution in [3.63, 3.8) is 0 Å². The number of nitrogens with zero attached hydrogens (tertiary/aromatic N) is 2. The van der Waals surface area contributed by atoms with E-state index in [-0.39, 0.29) is 23.5 Å². The smallest absolute Gasteiger partial charge is 0.291 e. The van der Waals surface area contributed by atoms with E-state index in [1.165, 1.54) is 12.0 Å². The van der Waals surface area contributed by atoms with Crippen LogP contribution in [0.2, 0.25) is 0 Å². The molecular formula is C33H40N4O4. The Kier molecular flexibility index (Phi) is 9.39. The van der Waals surface area contributed by atoms with Crippen LogP contribution < -0.4 is 15.5 Å². The first kappa shape index (κ1) is 28.5. The number of nitrogens with one attached hydrogen (secondary N) is 2. The number of carbonyl (C=O) groups is 3. The minimum Gasteiger partial charge on any atom is -0.456 e. The molecule has 2 saturated heterocycles. The van der Waals surface area contributed by atoms with Crippen molar-refractivity contribution in [2.75, 3.05) is 42.9 Å². The van der Waals surface area contributed by atoms with Crippen LogP contribution in [0.25, 0.3) is 0 Å². The molecule has 2 N–H and O–H groups in total. The van der Waals surface area contributed by atoms with E-state index in [1.54, 1.807) is 25.1 Å². The summed E-state index contributed by atoms with van der Waals surface area (Å²) in [5, 5.41) is 5.97. The molecule has 2 fully saturated rings. The van der Waals surface area contributed by atoms with Crippen molar-refractivity contribution in [2.24, 2.45) is 5.92 Å². The summed E-state index contributed by atoms with van der Waals surface area (Å²) in [4.78, 5) is 42.0. The van der Waals surface area contributed by atoms with Gasteiger partial charge < -0.3 is 24.9 Å². The Bertz CT molecular complexity index is 1340. The maximum absolute atomic E-state index is 13.0. The highest BCUT2D eigenvalue weighted by atomic mass is 16.3. The summed E-state index contributed by atoms with van der Waals surface area (Å²) in [6.07, 6.45) is 6.66. The third-order valence-corrected chi connectivity index (χ3v) is 8.17. The van der Waals surface area contributed by atoms with Crippen molar-refractivity contribution >= 4 is 29.1 Å². The predicted molar refractivity (Wildman–Crippen MR) is 160 cm³/mol. The lowest BCUT2D eigenvalue weighted by molar-refractivity contribution is -0.127. The molecule has 3 amide bonds.